The molecule has 5 heteroatoms. The van der Waals surface area contributed by atoms with Crippen molar-refractivity contribution >= 4 is 15.9 Å². The molecule has 0 radical (unpaired) electrons. The Kier molecular flexibility index (Phi) is 3.31. The van der Waals surface area contributed by atoms with Crippen LogP contribution in [0.25, 0.3) is 5.82 Å². The van der Waals surface area contributed by atoms with E-state index in [1.54, 1.807) is 6.20 Å². The lowest BCUT2D eigenvalue weighted by Gasteiger charge is -2.08. The molecular formula is C12H15BrN4. The van der Waals surface area contributed by atoms with E-state index in [4.69, 9.17) is 5.73 Å². The highest BCUT2D eigenvalue weighted by atomic mass is 79.9. The molecule has 2 heterocycles. The van der Waals surface area contributed by atoms with E-state index in [0.717, 1.165) is 27.2 Å². The predicted molar refractivity (Wildman–Crippen MR) is 71.1 cm³/mol. The fourth-order valence-corrected chi connectivity index (χ4v) is 1.93. The molecule has 1 atom stereocenters. The SMILES string of the molecule is Cc1nn(-c2cc([C@H](C)N)ccn2)c(C)c1Br. The molecule has 0 amide bonds. The molecule has 90 valence electrons. The predicted octanol–water partition coefficient (Wildman–Crippen LogP) is 2.67. The van der Waals surface area contributed by atoms with Crippen LogP contribution in [-0.4, -0.2) is 14.8 Å². The van der Waals surface area contributed by atoms with Gasteiger partial charge < -0.3 is 5.73 Å². The molecule has 0 saturated carbocycles. The molecule has 0 unspecified atom stereocenters. The summed E-state index contributed by atoms with van der Waals surface area (Å²) in [6.45, 7) is 5.92. The van der Waals surface area contributed by atoms with Gasteiger partial charge in [0.15, 0.2) is 5.82 Å². The molecule has 2 aromatic rings. The van der Waals surface area contributed by atoms with Crippen LogP contribution in [0.15, 0.2) is 22.8 Å². The van der Waals surface area contributed by atoms with Gasteiger partial charge in [-0.05, 0) is 54.4 Å². The minimum Gasteiger partial charge on any atom is -0.324 e. The van der Waals surface area contributed by atoms with Crippen LogP contribution in [0.5, 0.6) is 0 Å². The van der Waals surface area contributed by atoms with Gasteiger partial charge in [0.25, 0.3) is 0 Å². The fourth-order valence-electron chi connectivity index (χ4n) is 1.68. The van der Waals surface area contributed by atoms with Crippen molar-refractivity contribution in [2.45, 2.75) is 26.8 Å². The lowest BCUT2D eigenvalue weighted by molar-refractivity contribution is 0.780. The average Bonchev–Trinajstić information content (AvgIpc) is 2.57. The van der Waals surface area contributed by atoms with E-state index in [1.807, 2.05) is 37.6 Å². The quantitative estimate of drug-likeness (QED) is 0.926. The number of nitrogens with two attached hydrogens (primary N) is 1. The van der Waals surface area contributed by atoms with Crippen molar-refractivity contribution < 1.29 is 0 Å². The van der Waals surface area contributed by atoms with Gasteiger partial charge in [0.05, 0.1) is 15.9 Å². The molecule has 2 rings (SSSR count). The first-order valence-corrected chi connectivity index (χ1v) is 6.23. The molecule has 0 aliphatic carbocycles. The van der Waals surface area contributed by atoms with Gasteiger partial charge in [0, 0.05) is 12.2 Å². The van der Waals surface area contributed by atoms with Crippen LogP contribution in [0, 0.1) is 13.8 Å². The third kappa shape index (κ3) is 2.25. The van der Waals surface area contributed by atoms with E-state index in [0.29, 0.717) is 0 Å². The first-order chi connectivity index (χ1) is 8.00. The van der Waals surface area contributed by atoms with Crippen molar-refractivity contribution in [2.75, 3.05) is 0 Å². The zero-order chi connectivity index (χ0) is 12.6. The smallest absolute Gasteiger partial charge is 0.153 e. The molecule has 0 aromatic carbocycles. The maximum atomic E-state index is 5.87. The number of hydrogen-bond acceptors (Lipinski definition) is 3. The van der Waals surface area contributed by atoms with E-state index in [9.17, 15) is 0 Å². The highest BCUT2D eigenvalue weighted by Gasteiger charge is 2.11. The van der Waals surface area contributed by atoms with Crippen molar-refractivity contribution in [1.29, 1.82) is 0 Å². The van der Waals surface area contributed by atoms with Crippen molar-refractivity contribution in [1.82, 2.24) is 14.8 Å². The number of aromatic nitrogens is 3. The molecule has 2 N–H and O–H groups in total. The van der Waals surface area contributed by atoms with Gasteiger partial charge in [0.1, 0.15) is 0 Å². The summed E-state index contributed by atoms with van der Waals surface area (Å²) < 4.78 is 2.84. The maximum Gasteiger partial charge on any atom is 0.153 e. The largest absolute Gasteiger partial charge is 0.324 e. The summed E-state index contributed by atoms with van der Waals surface area (Å²) in [5.41, 5.74) is 8.91. The van der Waals surface area contributed by atoms with Gasteiger partial charge in [-0.2, -0.15) is 5.10 Å². The van der Waals surface area contributed by atoms with Crippen LogP contribution in [0.1, 0.15) is 29.9 Å². The van der Waals surface area contributed by atoms with Crippen LogP contribution < -0.4 is 5.73 Å². The van der Waals surface area contributed by atoms with E-state index in [1.165, 1.54) is 0 Å². The Bertz CT molecular complexity index is 545. The molecule has 0 aliphatic rings. The average molecular weight is 295 g/mol. The Morgan fingerprint density at radius 1 is 1.41 bits per heavy atom. The molecule has 0 bridgehead atoms. The summed E-state index contributed by atoms with van der Waals surface area (Å²) in [6.07, 6.45) is 1.76. The Hall–Kier alpha value is -1.20. The van der Waals surface area contributed by atoms with Gasteiger partial charge in [0.2, 0.25) is 0 Å². The molecule has 4 nitrogen and oxygen atoms in total. The minimum absolute atomic E-state index is 0.00263. The molecule has 0 aliphatic heterocycles. The summed E-state index contributed by atoms with van der Waals surface area (Å²) in [6, 6.07) is 3.89. The molecule has 0 saturated heterocycles. The third-order valence-electron chi connectivity index (χ3n) is 2.72. The number of halogens is 1. The minimum atomic E-state index is -0.00263. The number of nitrogens with zero attached hydrogens (tertiary/aromatic N) is 3. The summed E-state index contributed by atoms with van der Waals surface area (Å²) in [4.78, 5) is 4.33. The zero-order valence-electron chi connectivity index (χ0n) is 10.1. The molecule has 2 aromatic heterocycles. The van der Waals surface area contributed by atoms with Crippen LogP contribution in [0.4, 0.5) is 0 Å². The standard InChI is InChI=1S/C12H15BrN4/c1-7(14)10-4-5-15-11(6-10)17-9(3)12(13)8(2)16-17/h4-7H,14H2,1-3H3/t7-/m0/s1. The first kappa shape index (κ1) is 12.3. The van der Waals surface area contributed by atoms with E-state index >= 15 is 0 Å². The normalized spacial score (nSPS) is 12.8. The van der Waals surface area contributed by atoms with Crippen LogP contribution in [-0.2, 0) is 0 Å². The molecule has 0 spiro atoms. The number of rotatable bonds is 2. The van der Waals surface area contributed by atoms with Gasteiger partial charge in [-0.1, -0.05) is 0 Å². The summed E-state index contributed by atoms with van der Waals surface area (Å²) in [5, 5.41) is 4.45. The summed E-state index contributed by atoms with van der Waals surface area (Å²) in [7, 11) is 0. The fraction of sp³-hybridized carbons (Fsp3) is 0.333. The summed E-state index contributed by atoms with van der Waals surface area (Å²) >= 11 is 3.51. The van der Waals surface area contributed by atoms with E-state index in [-0.39, 0.29) is 6.04 Å². The Balaban J connectivity index is 2.53. The summed E-state index contributed by atoms with van der Waals surface area (Å²) in [5.74, 6) is 0.797. The Labute approximate surface area is 109 Å². The zero-order valence-corrected chi connectivity index (χ0v) is 11.7. The Morgan fingerprint density at radius 2 is 2.12 bits per heavy atom. The number of hydrogen-bond donors (Lipinski definition) is 1. The van der Waals surface area contributed by atoms with E-state index in [2.05, 4.69) is 26.0 Å². The van der Waals surface area contributed by atoms with Crippen molar-refractivity contribution in [3.05, 3.63) is 39.8 Å². The number of pyridine rings is 1. The maximum absolute atomic E-state index is 5.87. The Morgan fingerprint density at radius 3 is 2.65 bits per heavy atom. The monoisotopic (exact) mass is 294 g/mol. The highest BCUT2D eigenvalue weighted by Crippen LogP contribution is 2.22. The number of aryl methyl sites for hydroxylation is 1. The van der Waals surface area contributed by atoms with Crippen molar-refractivity contribution in [3.63, 3.8) is 0 Å². The van der Waals surface area contributed by atoms with Crippen LogP contribution in [0.2, 0.25) is 0 Å². The second-order valence-electron chi connectivity index (χ2n) is 4.13. The van der Waals surface area contributed by atoms with Crippen molar-refractivity contribution in [2.24, 2.45) is 5.73 Å². The van der Waals surface area contributed by atoms with Crippen LogP contribution in [0.3, 0.4) is 0 Å². The van der Waals surface area contributed by atoms with Crippen LogP contribution >= 0.6 is 15.9 Å². The van der Waals surface area contributed by atoms with Crippen molar-refractivity contribution in [3.8, 4) is 5.82 Å². The molecule has 17 heavy (non-hydrogen) atoms. The highest BCUT2D eigenvalue weighted by molar-refractivity contribution is 9.10. The second-order valence-corrected chi connectivity index (χ2v) is 4.93. The first-order valence-electron chi connectivity index (χ1n) is 5.44. The third-order valence-corrected chi connectivity index (χ3v) is 3.86. The topological polar surface area (TPSA) is 56.7 Å². The molecule has 0 fully saturated rings. The molecular weight excluding hydrogens is 280 g/mol. The lowest BCUT2D eigenvalue weighted by atomic mass is 10.1. The lowest BCUT2D eigenvalue weighted by Crippen LogP contribution is -2.08. The second kappa shape index (κ2) is 4.58. The van der Waals surface area contributed by atoms with Gasteiger partial charge in [-0.3, -0.25) is 0 Å². The van der Waals surface area contributed by atoms with Gasteiger partial charge in [-0.15, -0.1) is 0 Å². The van der Waals surface area contributed by atoms with Gasteiger partial charge in [-0.25, -0.2) is 9.67 Å². The van der Waals surface area contributed by atoms with Gasteiger partial charge >= 0.3 is 0 Å². The van der Waals surface area contributed by atoms with E-state index < -0.39 is 0 Å².